The number of hydrogen-bond acceptors (Lipinski definition) is 2. The minimum atomic E-state index is -0.932. The van der Waals surface area contributed by atoms with Crippen molar-refractivity contribution < 1.29 is 9.90 Å². The van der Waals surface area contributed by atoms with Crippen LogP contribution in [0.15, 0.2) is 48.5 Å². The third-order valence-electron chi connectivity index (χ3n) is 3.56. The molecule has 0 aliphatic rings. The second-order valence-corrected chi connectivity index (χ2v) is 4.70. The van der Waals surface area contributed by atoms with Gasteiger partial charge in [0.1, 0.15) is 5.65 Å². The van der Waals surface area contributed by atoms with Crippen molar-refractivity contribution in [3.05, 3.63) is 54.1 Å². The Hall–Kier alpha value is -2.88. The topological polar surface area (TPSA) is 66.0 Å². The monoisotopic (exact) mass is 262 g/mol. The number of pyridine rings is 1. The van der Waals surface area contributed by atoms with E-state index in [1.54, 1.807) is 6.07 Å². The lowest BCUT2D eigenvalue weighted by Gasteiger charge is -2.04. The van der Waals surface area contributed by atoms with Crippen molar-refractivity contribution in [1.29, 1.82) is 0 Å². The van der Waals surface area contributed by atoms with Crippen LogP contribution in [0.5, 0.6) is 0 Å². The summed E-state index contributed by atoms with van der Waals surface area (Å²) in [5, 5.41) is 11.8. The number of carboxylic acids is 1. The molecule has 4 nitrogen and oxygen atoms in total. The van der Waals surface area contributed by atoms with Gasteiger partial charge in [0.15, 0.2) is 0 Å². The normalized spacial score (nSPS) is 11.4. The number of H-pyrrole nitrogens is 1. The minimum Gasteiger partial charge on any atom is -0.478 e. The Bertz CT molecular complexity index is 986. The van der Waals surface area contributed by atoms with E-state index in [4.69, 9.17) is 0 Å². The van der Waals surface area contributed by atoms with E-state index in [1.165, 1.54) is 0 Å². The van der Waals surface area contributed by atoms with Crippen molar-refractivity contribution in [2.75, 3.05) is 0 Å². The standard InChI is InChI=1S/C16H10N2O2/c19-16(20)14-10-6-2-4-8-12(10)18-15-13(14)9-5-1-3-7-11(9)17-15/h1-8H,(H,17,18)(H,19,20). The lowest BCUT2D eigenvalue weighted by Crippen LogP contribution is -2.00. The van der Waals surface area contributed by atoms with Crippen LogP contribution >= 0.6 is 0 Å². The van der Waals surface area contributed by atoms with Gasteiger partial charge in [-0.15, -0.1) is 0 Å². The van der Waals surface area contributed by atoms with Gasteiger partial charge in [-0.2, -0.15) is 0 Å². The number of nitrogens with zero attached hydrogens (tertiary/aromatic N) is 1. The summed E-state index contributed by atoms with van der Waals surface area (Å²) in [6.45, 7) is 0. The van der Waals surface area contributed by atoms with Crippen LogP contribution in [0.2, 0.25) is 0 Å². The highest BCUT2D eigenvalue weighted by Gasteiger charge is 2.18. The molecule has 0 aliphatic heterocycles. The van der Waals surface area contributed by atoms with Crippen molar-refractivity contribution >= 4 is 38.8 Å². The fourth-order valence-corrected chi connectivity index (χ4v) is 2.72. The number of aromatic nitrogens is 2. The molecule has 4 heteroatoms. The summed E-state index contributed by atoms with van der Waals surface area (Å²) in [5.41, 5.74) is 2.50. The van der Waals surface area contributed by atoms with Gasteiger partial charge in [0.25, 0.3) is 0 Å². The maximum Gasteiger partial charge on any atom is 0.337 e. The maximum atomic E-state index is 11.7. The predicted octanol–water partition coefficient (Wildman–Crippen LogP) is 3.57. The van der Waals surface area contributed by atoms with Crippen molar-refractivity contribution in [2.24, 2.45) is 0 Å². The maximum absolute atomic E-state index is 11.7. The van der Waals surface area contributed by atoms with Gasteiger partial charge >= 0.3 is 5.97 Å². The van der Waals surface area contributed by atoms with E-state index in [1.807, 2.05) is 42.5 Å². The predicted molar refractivity (Wildman–Crippen MR) is 78.1 cm³/mol. The van der Waals surface area contributed by atoms with Crippen LogP contribution in [0.4, 0.5) is 0 Å². The molecule has 4 rings (SSSR count). The molecule has 0 fully saturated rings. The zero-order valence-electron chi connectivity index (χ0n) is 10.4. The molecular weight excluding hydrogens is 252 g/mol. The molecule has 20 heavy (non-hydrogen) atoms. The molecule has 2 heterocycles. The van der Waals surface area contributed by atoms with Crippen molar-refractivity contribution in [2.45, 2.75) is 0 Å². The van der Waals surface area contributed by atoms with Crippen molar-refractivity contribution in [1.82, 2.24) is 9.97 Å². The highest BCUT2D eigenvalue weighted by Crippen LogP contribution is 2.31. The molecular formula is C16H10N2O2. The number of benzene rings is 2. The first kappa shape index (κ1) is 11.0. The summed E-state index contributed by atoms with van der Waals surface area (Å²) in [7, 11) is 0. The van der Waals surface area contributed by atoms with E-state index in [9.17, 15) is 9.90 Å². The average Bonchev–Trinajstić information content (AvgIpc) is 2.82. The molecule has 2 aromatic heterocycles. The second kappa shape index (κ2) is 3.81. The molecule has 0 unspecified atom stereocenters. The number of aromatic amines is 1. The van der Waals surface area contributed by atoms with Gasteiger partial charge in [-0.3, -0.25) is 0 Å². The van der Waals surface area contributed by atoms with E-state index in [-0.39, 0.29) is 0 Å². The quantitative estimate of drug-likeness (QED) is 0.551. The molecule has 0 saturated heterocycles. The Morgan fingerprint density at radius 2 is 1.70 bits per heavy atom. The Balaban J connectivity index is 2.36. The van der Waals surface area contributed by atoms with Crippen LogP contribution in [-0.4, -0.2) is 21.0 Å². The minimum absolute atomic E-state index is 0.308. The molecule has 4 aromatic rings. The molecule has 0 spiro atoms. The molecule has 2 aromatic carbocycles. The summed E-state index contributed by atoms with van der Waals surface area (Å²) in [6, 6.07) is 15.0. The summed E-state index contributed by atoms with van der Waals surface area (Å²) in [6.07, 6.45) is 0. The number of carbonyl (C=O) groups is 1. The zero-order valence-corrected chi connectivity index (χ0v) is 10.4. The van der Waals surface area contributed by atoms with Gasteiger partial charge < -0.3 is 10.1 Å². The summed E-state index contributed by atoms with van der Waals surface area (Å²) in [5.74, 6) is -0.932. The van der Waals surface area contributed by atoms with E-state index in [2.05, 4.69) is 9.97 Å². The first-order chi connectivity index (χ1) is 9.75. The van der Waals surface area contributed by atoms with Crippen LogP contribution in [0, 0.1) is 0 Å². The Morgan fingerprint density at radius 1 is 1.00 bits per heavy atom. The molecule has 96 valence electrons. The van der Waals surface area contributed by atoms with Gasteiger partial charge in [0.05, 0.1) is 11.1 Å². The van der Waals surface area contributed by atoms with Gasteiger partial charge in [-0.25, -0.2) is 9.78 Å². The van der Waals surface area contributed by atoms with Crippen LogP contribution in [0.1, 0.15) is 10.4 Å². The number of fused-ring (bicyclic) bond motifs is 4. The molecule has 0 aliphatic carbocycles. The summed E-state index contributed by atoms with van der Waals surface area (Å²) >= 11 is 0. The third kappa shape index (κ3) is 1.36. The fraction of sp³-hybridized carbons (Fsp3) is 0. The number of hydrogen-bond donors (Lipinski definition) is 2. The number of nitrogens with one attached hydrogen (secondary N) is 1. The van der Waals surface area contributed by atoms with Gasteiger partial charge in [-0.1, -0.05) is 36.4 Å². The molecule has 2 N–H and O–H groups in total. The van der Waals surface area contributed by atoms with E-state index in [0.29, 0.717) is 27.5 Å². The lowest BCUT2D eigenvalue weighted by atomic mass is 10.0. The highest BCUT2D eigenvalue weighted by atomic mass is 16.4. The van der Waals surface area contributed by atoms with E-state index < -0.39 is 5.97 Å². The number of carboxylic acid groups (broad SMARTS) is 1. The van der Waals surface area contributed by atoms with Crippen molar-refractivity contribution in [3.8, 4) is 0 Å². The number of aromatic carboxylic acids is 1. The van der Waals surface area contributed by atoms with E-state index >= 15 is 0 Å². The van der Waals surface area contributed by atoms with Crippen LogP contribution < -0.4 is 0 Å². The smallest absolute Gasteiger partial charge is 0.337 e. The zero-order chi connectivity index (χ0) is 13.7. The van der Waals surface area contributed by atoms with Crippen molar-refractivity contribution in [3.63, 3.8) is 0 Å². The van der Waals surface area contributed by atoms with E-state index in [0.717, 1.165) is 10.9 Å². The van der Waals surface area contributed by atoms with Crippen LogP contribution in [-0.2, 0) is 0 Å². The SMILES string of the molecule is O=C(O)c1c2ccccc2nc2[nH]c3ccccc3c12. The molecule has 0 saturated carbocycles. The lowest BCUT2D eigenvalue weighted by molar-refractivity contribution is 0.0701. The third-order valence-corrected chi connectivity index (χ3v) is 3.56. The van der Waals surface area contributed by atoms with Crippen LogP contribution in [0.3, 0.4) is 0 Å². The second-order valence-electron chi connectivity index (χ2n) is 4.70. The number of para-hydroxylation sites is 2. The summed E-state index contributed by atoms with van der Waals surface area (Å²) < 4.78 is 0. The van der Waals surface area contributed by atoms with Crippen LogP contribution in [0.25, 0.3) is 32.8 Å². The first-order valence-corrected chi connectivity index (χ1v) is 6.28. The van der Waals surface area contributed by atoms with Gasteiger partial charge in [0, 0.05) is 21.7 Å². The number of rotatable bonds is 1. The molecule has 0 bridgehead atoms. The Morgan fingerprint density at radius 3 is 2.50 bits per heavy atom. The fourth-order valence-electron chi connectivity index (χ4n) is 2.72. The Kier molecular flexibility index (Phi) is 2.09. The van der Waals surface area contributed by atoms with Gasteiger partial charge in [-0.05, 0) is 12.1 Å². The largest absolute Gasteiger partial charge is 0.478 e. The highest BCUT2D eigenvalue weighted by molar-refractivity contribution is 6.21. The first-order valence-electron chi connectivity index (χ1n) is 6.28. The molecule has 0 amide bonds. The van der Waals surface area contributed by atoms with Gasteiger partial charge in [0.2, 0.25) is 0 Å². The molecule has 0 radical (unpaired) electrons. The Labute approximate surface area is 113 Å². The molecule has 0 atom stereocenters. The summed E-state index contributed by atoms with van der Waals surface area (Å²) in [4.78, 5) is 19.5. The average molecular weight is 262 g/mol.